The van der Waals surface area contributed by atoms with Gasteiger partial charge in [0.15, 0.2) is 0 Å². The summed E-state index contributed by atoms with van der Waals surface area (Å²) in [4.78, 5) is 17.8. The lowest BCUT2D eigenvalue weighted by atomic mass is 9.69. The van der Waals surface area contributed by atoms with E-state index in [9.17, 15) is 4.79 Å². The summed E-state index contributed by atoms with van der Waals surface area (Å²) in [6, 6.07) is 16.9. The second-order valence-electron chi connectivity index (χ2n) is 9.28. The summed E-state index contributed by atoms with van der Waals surface area (Å²) in [5, 5.41) is 0. The molecule has 3 nitrogen and oxygen atoms in total. The fraction of sp³-hybridized carbons (Fsp3) is 0.375. The zero-order valence-corrected chi connectivity index (χ0v) is 16.7. The molecule has 1 atom stereocenters. The van der Waals surface area contributed by atoms with Gasteiger partial charge in [-0.15, -0.1) is 0 Å². The molecule has 138 valence electrons. The molecule has 0 radical (unpaired) electrons. The largest absolute Gasteiger partial charge is 0.352 e. The van der Waals surface area contributed by atoms with E-state index in [1.54, 1.807) is 0 Å². The normalized spacial score (nSPS) is 26.7. The van der Waals surface area contributed by atoms with Gasteiger partial charge in [-0.3, -0.25) is 9.69 Å². The standard InChI is InChI=1S/C24H26N2O/c1-22(2)16-10-6-9-13-19(16)26-20(22)14-24(5)23(3,4)17-11-7-8-12-18(17)25(24)15-21(26)27/h6-14H,15H2,1-5H3. The number of amides is 1. The molecule has 3 aliphatic heterocycles. The van der Waals surface area contributed by atoms with Crippen LogP contribution in [0.1, 0.15) is 45.7 Å². The summed E-state index contributed by atoms with van der Waals surface area (Å²) in [7, 11) is 0. The maximum Gasteiger partial charge on any atom is 0.250 e. The van der Waals surface area contributed by atoms with Crippen molar-refractivity contribution in [3.8, 4) is 0 Å². The highest BCUT2D eigenvalue weighted by Gasteiger charge is 2.57. The first-order valence-corrected chi connectivity index (χ1v) is 9.72. The van der Waals surface area contributed by atoms with Gasteiger partial charge in [-0.1, -0.05) is 64.1 Å². The Bertz CT molecular complexity index is 1020. The maximum atomic E-state index is 13.5. The lowest BCUT2D eigenvalue weighted by molar-refractivity contribution is -0.116. The van der Waals surface area contributed by atoms with Gasteiger partial charge in [0.1, 0.15) is 0 Å². The second-order valence-corrected chi connectivity index (χ2v) is 9.28. The Hall–Kier alpha value is -2.55. The predicted molar refractivity (Wildman–Crippen MR) is 110 cm³/mol. The van der Waals surface area contributed by atoms with Crippen molar-refractivity contribution in [2.24, 2.45) is 0 Å². The number of nitrogens with zero attached hydrogens (tertiary/aromatic N) is 2. The maximum absolute atomic E-state index is 13.5. The van der Waals surface area contributed by atoms with E-state index in [1.165, 1.54) is 16.8 Å². The van der Waals surface area contributed by atoms with Gasteiger partial charge in [0.05, 0.1) is 17.8 Å². The first-order chi connectivity index (χ1) is 12.7. The van der Waals surface area contributed by atoms with Crippen molar-refractivity contribution < 1.29 is 4.79 Å². The number of para-hydroxylation sites is 2. The van der Waals surface area contributed by atoms with Crippen LogP contribution in [0.25, 0.3) is 0 Å². The fourth-order valence-electron chi connectivity index (χ4n) is 5.34. The lowest BCUT2D eigenvalue weighted by Crippen LogP contribution is -2.53. The van der Waals surface area contributed by atoms with Crippen LogP contribution in [0.15, 0.2) is 60.3 Å². The van der Waals surface area contributed by atoms with Crippen LogP contribution in [0, 0.1) is 0 Å². The number of carbonyl (C=O) groups excluding carboxylic acids is 1. The summed E-state index contributed by atoms with van der Waals surface area (Å²) in [5.74, 6) is 0.149. The van der Waals surface area contributed by atoms with Crippen LogP contribution in [-0.2, 0) is 15.6 Å². The number of fused-ring (bicyclic) bond motifs is 6. The van der Waals surface area contributed by atoms with Crippen LogP contribution in [0.2, 0.25) is 0 Å². The summed E-state index contributed by atoms with van der Waals surface area (Å²) in [5.41, 5.74) is 5.31. The number of hydrogen-bond acceptors (Lipinski definition) is 2. The van der Waals surface area contributed by atoms with E-state index in [0.717, 1.165) is 11.4 Å². The Morgan fingerprint density at radius 1 is 0.815 bits per heavy atom. The quantitative estimate of drug-likeness (QED) is 0.677. The van der Waals surface area contributed by atoms with Gasteiger partial charge in [0.25, 0.3) is 5.91 Å². The van der Waals surface area contributed by atoms with Crippen LogP contribution >= 0.6 is 0 Å². The summed E-state index contributed by atoms with van der Waals surface area (Å²) < 4.78 is 0. The Labute approximate surface area is 161 Å². The molecule has 3 aliphatic rings. The van der Waals surface area contributed by atoms with Crippen molar-refractivity contribution in [2.45, 2.75) is 51.0 Å². The van der Waals surface area contributed by atoms with Crippen LogP contribution in [0.5, 0.6) is 0 Å². The molecule has 1 unspecified atom stereocenters. The van der Waals surface area contributed by atoms with E-state index in [1.807, 2.05) is 11.0 Å². The van der Waals surface area contributed by atoms with E-state index in [0.29, 0.717) is 6.54 Å². The number of carbonyl (C=O) groups is 1. The molecule has 27 heavy (non-hydrogen) atoms. The Kier molecular flexibility index (Phi) is 2.97. The summed E-state index contributed by atoms with van der Waals surface area (Å²) >= 11 is 0. The molecule has 0 saturated carbocycles. The van der Waals surface area contributed by atoms with Crippen molar-refractivity contribution in [3.05, 3.63) is 71.4 Å². The molecule has 0 bridgehead atoms. The van der Waals surface area contributed by atoms with Crippen LogP contribution < -0.4 is 9.80 Å². The minimum absolute atomic E-state index is 0.0995. The third-order valence-corrected chi connectivity index (χ3v) is 7.35. The first-order valence-electron chi connectivity index (χ1n) is 9.72. The molecule has 2 aromatic rings. The molecule has 0 N–H and O–H groups in total. The molecule has 0 spiro atoms. The van der Waals surface area contributed by atoms with Gasteiger partial charge in [0, 0.05) is 22.2 Å². The Balaban J connectivity index is 1.80. The highest BCUT2D eigenvalue weighted by atomic mass is 16.2. The lowest BCUT2D eigenvalue weighted by Gasteiger charge is -2.42. The smallest absolute Gasteiger partial charge is 0.250 e. The van der Waals surface area contributed by atoms with Crippen LogP contribution in [0.3, 0.4) is 0 Å². The molecule has 3 heteroatoms. The van der Waals surface area contributed by atoms with Crippen molar-refractivity contribution in [3.63, 3.8) is 0 Å². The minimum Gasteiger partial charge on any atom is -0.352 e. The number of allylic oxidation sites excluding steroid dienone is 1. The van der Waals surface area contributed by atoms with Gasteiger partial charge in [0.2, 0.25) is 0 Å². The van der Waals surface area contributed by atoms with Crippen molar-refractivity contribution in [2.75, 3.05) is 16.3 Å². The second kappa shape index (κ2) is 4.83. The number of rotatable bonds is 0. The van der Waals surface area contributed by atoms with Gasteiger partial charge in [-0.2, -0.15) is 0 Å². The number of hydrogen-bond donors (Lipinski definition) is 0. The molecule has 1 amide bonds. The van der Waals surface area contributed by atoms with E-state index in [-0.39, 0.29) is 22.3 Å². The Morgan fingerprint density at radius 2 is 1.41 bits per heavy atom. The number of anilines is 2. The minimum atomic E-state index is -0.268. The zero-order chi connectivity index (χ0) is 19.2. The van der Waals surface area contributed by atoms with Gasteiger partial charge < -0.3 is 4.90 Å². The molecule has 2 aromatic carbocycles. The average Bonchev–Trinajstić information content (AvgIpc) is 2.88. The SMILES string of the molecule is CC1(C)C2=CC3(C)N(CC(=O)N2c2ccccc21)c1ccccc1C3(C)C. The van der Waals surface area contributed by atoms with E-state index < -0.39 is 0 Å². The highest BCUT2D eigenvalue weighted by Crippen LogP contribution is 2.57. The molecular weight excluding hydrogens is 332 g/mol. The molecule has 0 saturated heterocycles. The van der Waals surface area contributed by atoms with E-state index in [4.69, 9.17) is 0 Å². The summed E-state index contributed by atoms with van der Waals surface area (Å²) in [6.07, 6.45) is 2.37. The van der Waals surface area contributed by atoms with E-state index in [2.05, 4.69) is 88.1 Å². The van der Waals surface area contributed by atoms with Gasteiger partial charge >= 0.3 is 0 Å². The fourth-order valence-corrected chi connectivity index (χ4v) is 5.34. The molecule has 3 heterocycles. The van der Waals surface area contributed by atoms with Gasteiger partial charge in [-0.25, -0.2) is 0 Å². The average molecular weight is 358 g/mol. The molecule has 0 aliphatic carbocycles. The zero-order valence-electron chi connectivity index (χ0n) is 16.7. The topological polar surface area (TPSA) is 23.6 Å². The number of benzene rings is 2. The molecule has 5 rings (SSSR count). The predicted octanol–water partition coefficient (Wildman–Crippen LogP) is 4.76. The summed E-state index contributed by atoms with van der Waals surface area (Å²) in [6.45, 7) is 11.8. The highest BCUT2D eigenvalue weighted by molar-refractivity contribution is 6.04. The van der Waals surface area contributed by atoms with Crippen LogP contribution in [-0.4, -0.2) is 18.0 Å². The van der Waals surface area contributed by atoms with Gasteiger partial charge in [-0.05, 0) is 36.3 Å². The first kappa shape index (κ1) is 16.6. The third kappa shape index (κ3) is 1.80. The third-order valence-electron chi connectivity index (χ3n) is 7.35. The van der Waals surface area contributed by atoms with E-state index >= 15 is 0 Å². The molecule has 0 fully saturated rings. The van der Waals surface area contributed by atoms with Crippen molar-refractivity contribution in [1.29, 1.82) is 0 Å². The monoisotopic (exact) mass is 358 g/mol. The van der Waals surface area contributed by atoms with Crippen LogP contribution in [0.4, 0.5) is 11.4 Å². The molecule has 0 aromatic heterocycles. The van der Waals surface area contributed by atoms with Crippen molar-refractivity contribution in [1.82, 2.24) is 0 Å². The molecular formula is C24H26N2O. The Morgan fingerprint density at radius 3 is 2.11 bits per heavy atom. The van der Waals surface area contributed by atoms with Crippen molar-refractivity contribution >= 4 is 17.3 Å².